The van der Waals surface area contributed by atoms with Gasteiger partial charge in [-0.3, -0.25) is 10.1 Å². The fraction of sp³-hybridized carbons (Fsp3) is 0.263. The van der Waals surface area contributed by atoms with Crippen LogP contribution in [0.5, 0.6) is 0 Å². The summed E-state index contributed by atoms with van der Waals surface area (Å²) in [7, 11) is 1.60. The predicted octanol–water partition coefficient (Wildman–Crippen LogP) is 1.62. The monoisotopic (exact) mass is 471 g/mol. The number of hydrogen-bond donors (Lipinski definition) is 1. The van der Waals surface area contributed by atoms with E-state index in [9.17, 15) is 9.59 Å². The van der Waals surface area contributed by atoms with Crippen molar-refractivity contribution in [2.45, 2.75) is 13.8 Å². The minimum atomic E-state index is -0.774. The third kappa shape index (κ3) is 4.17. The molecule has 4 rings (SSSR count). The lowest BCUT2D eigenvalue weighted by molar-refractivity contribution is -0.134. The van der Waals surface area contributed by atoms with Gasteiger partial charge in [-0.05, 0) is 42.5 Å². The Labute approximate surface area is 191 Å². The van der Waals surface area contributed by atoms with E-state index in [0.717, 1.165) is 0 Å². The van der Waals surface area contributed by atoms with Crippen LogP contribution in [0.1, 0.15) is 29.9 Å². The van der Waals surface area contributed by atoms with E-state index in [1.807, 2.05) is 0 Å². The average molecular weight is 472 g/mol. The molecule has 0 bridgehead atoms. The molecule has 170 valence electrons. The number of nitrogens with zero attached hydrogens (tertiary/aromatic N) is 8. The maximum atomic E-state index is 12.8. The highest BCUT2D eigenvalue weighted by Gasteiger charge is 2.25. The molecular formula is C19H18ClN9O4. The van der Waals surface area contributed by atoms with E-state index in [2.05, 4.69) is 36.1 Å². The Hall–Kier alpha value is -4.13. The van der Waals surface area contributed by atoms with Gasteiger partial charge in [0.2, 0.25) is 5.65 Å². The van der Waals surface area contributed by atoms with Gasteiger partial charge < -0.3 is 9.47 Å². The van der Waals surface area contributed by atoms with Gasteiger partial charge in [0.05, 0.1) is 30.4 Å². The number of hydrazone groups is 1. The molecule has 0 atom stereocenters. The number of ether oxygens (including phenoxy) is 2. The first-order valence-electron chi connectivity index (χ1n) is 9.82. The number of hydrogen-bond acceptors (Lipinski definition) is 11. The van der Waals surface area contributed by atoms with Crippen LogP contribution in [-0.2, 0) is 21.3 Å². The van der Waals surface area contributed by atoms with Gasteiger partial charge in [-0.15, -0.1) is 5.10 Å². The summed E-state index contributed by atoms with van der Waals surface area (Å²) in [6.45, 7) is 3.63. The van der Waals surface area contributed by atoms with Crippen LogP contribution in [0, 0.1) is 0 Å². The topological polar surface area (TPSA) is 151 Å². The Morgan fingerprint density at radius 2 is 2.00 bits per heavy atom. The first kappa shape index (κ1) is 22.1. The summed E-state index contributed by atoms with van der Waals surface area (Å²) >= 11 is 6.12. The maximum Gasteiger partial charge on any atom is 0.361 e. The number of carbonyl (C=O) groups excluding carboxylic acids is 2. The second-order valence-corrected chi connectivity index (χ2v) is 6.99. The fourth-order valence-corrected chi connectivity index (χ4v) is 3.19. The molecule has 0 aliphatic rings. The zero-order valence-corrected chi connectivity index (χ0v) is 18.6. The molecule has 3 heterocycles. The van der Waals surface area contributed by atoms with Gasteiger partial charge in [0.1, 0.15) is 11.3 Å². The summed E-state index contributed by atoms with van der Waals surface area (Å²) in [5.74, 6) is -1.16. The SMILES string of the molecule is CCOC(=O)/C(=N\Nc1c(C(=O)OCC)cnn1C)c1nc2cc(Cl)ccc2n2nnnc12. The predicted molar refractivity (Wildman–Crippen MR) is 117 cm³/mol. The number of aryl methyl sites for hydroxylation is 1. The third-order valence-electron chi connectivity index (χ3n) is 4.48. The van der Waals surface area contributed by atoms with E-state index < -0.39 is 11.9 Å². The summed E-state index contributed by atoms with van der Waals surface area (Å²) in [4.78, 5) is 29.6. The summed E-state index contributed by atoms with van der Waals surface area (Å²) in [5.41, 5.74) is 3.87. The van der Waals surface area contributed by atoms with Gasteiger partial charge >= 0.3 is 11.9 Å². The molecule has 0 saturated heterocycles. The zero-order chi connectivity index (χ0) is 23.5. The van der Waals surface area contributed by atoms with Crippen molar-refractivity contribution < 1.29 is 19.1 Å². The molecule has 13 nitrogen and oxygen atoms in total. The van der Waals surface area contributed by atoms with Crippen LogP contribution in [-0.4, -0.2) is 65.7 Å². The fourth-order valence-electron chi connectivity index (χ4n) is 3.02. The van der Waals surface area contributed by atoms with Gasteiger partial charge in [0.25, 0.3) is 0 Å². The molecule has 3 aromatic heterocycles. The molecule has 0 saturated carbocycles. The molecular weight excluding hydrogens is 454 g/mol. The minimum absolute atomic E-state index is 0.0561. The van der Waals surface area contributed by atoms with Gasteiger partial charge in [-0.2, -0.15) is 14.7 Å². The van der Waals surface area contributed by atoms with Gasteiger partial charge in [0, 0.05) is 12.1 Å². The smallest absolute Gasteiger partial charge is 0.361 e. The number of carbonyl (C=O) groups is 2. The highest BCUT2D eigenvalue weighted by atomic mass is 35.5. The first-order chi connectivity index (χ1) is 15.9. The van der Waals surface area contributed by atoms with E-state index in [0.29, 0.717) is 16.1 Å². The second kappa shape index (κ2) is 9.16. The van der Waals surface area contributed by atoms with Crippen molar-refractivity contribution in [3.8, 4) is 0 Å². The number of aromatic nitrogens is 7. The van der Waals surface area contributed by atoms with Crippen molar-refractivity contribution >= 4 is 51.7 Å². The van der Waals surface area contributed by atoms with Crippen molar-refractivity contribution in [1.82, 2.24) is 34.8 Å². The van der Waals surface area contributed by atoms with Crippen molar-refractivity contribution in [3.63, 3.8) is 0 Å². The van der Waals surface area contributed by atoms with Crippen molar-refractivity contribution in [2.24, 2.45) is 12.1 Å². The minimum Gasteiger partial charge on any atom is -0.462 e. The van der Waals surface area contributed by atoms with Crippen molar-refractivity contribution in [3.05, 3.63) is 40.7 Å². The molecule has 14 heteroatoms. The summed E-state index contributed by atoms with van der Waals surface area (Å²) in [6.07, 6.45) is 1.33. The van der Waals surface area contributed by atoms with Crippen LogP contribution in [0.4, 0.5) is 5.82 Å². The number of rotatable bonds is 7. The van der Waals surface area contributed by atoms with E-state index in [-0.39, 0.29) is 41.6 Å². The van der Waals surface area contributed by atoms with Crippen LogP contribution in [0.25, 0.3) is 16.7 Å². The molecule has 33 heavy (non-hydrogen) atoms. The summed E-state index contributed by atoms with van der Waals surface area (Å²) < 4.78 is 13.0. The Balaban J connectivity index is 1.86. The quantitative estimate of drug-likeness (QED) is 0.239. The lowest BCUT2D eigenvalue weighted by atomic mass is 10.2. The van der Waals surface area contributed by atoms with E-state index in [1.165, 1.54) is 15.4 Å². The van der Waals surface area contributed by atoms with Crippen molar-refractivity contribution in [2.75, 3.05) is 18.6 Å². The van der Waals surface area contributed by atoms with E-state index >= 15 is 0 Å². The molecule has 0 aliphatic carbocycles. The summed E-state index contributed by atoms with van der Waals surface area (Å²) in [5, 5.41) is 20.3. The molecule has 0 amide bonds. The Morgan fingerprint density at radius 1 is 1.21 bits per heavy atom. The van der Waals surface area contributed by atoms with Crippen LogP contribution < -0.4 is 5.43 Å². The molecule has 4 aromatic rings. The zero-order valence-electron chi connectivity index (χ0n) is 17.8. The highest BCUT2D eigenvalue weighted by Crippen LogP contribution is 2.21. The number of fused-ring (bicyclic) bond motifs is 3. The van der Waals surface area contributed by atoms with Crippen LogP contribution in [0.15, 0.2) is 29.5 Å². The van der Waals surface area contributed by atoms with Gasteiger partial charge in [-0.1, -0.05) is 11.6 Å². The maximum absolute atomic E-state index is 12.8. The third-order valence-corrected chi connectivity index (χ3v) is 4.72. The molecule has 0 spiro atoms. The number of esters is 2. The van der Waals surface area contributed by atoms with Crippen LogP contribution in [0.3, 0.4) is 0 Å². The number of anilines is 1. The Morgan fingerprint density at radius 3 is 2.76 bits per heavy atom. The number of benzene rings is 1. The van der Waals surface area contributed by atoms with Crippen LogP contribution in [0.2, 0.25) is 5.02 Å². The van der Waals surface area contributed by atoms with Crippen LogP contribution >= 0.6 is 11.6 Å². The van der Waals surface area contributed by atoms with Crippen molar-refractivity contribution in [1.29, 1.82) is 0 Å². The summed E-state index contributed by atoms with van der Waals surface area (Å²) in [6, 6.07) is 4.99. The number of nitrogens with one attached hydrogen (secondary N) is 1. The highest BCUT2D eigenvalue weighted by molar-refractivity contribution is 6.44. The largest absolute Gasteiger partial charge is 0.462 e. The van der Waals surface area contributed by atoms with E-state index in [1.54, 1.807) is 39.1 Å². The normalized spacial score (nSPS) is 11.7. The lowest BCUT2D eigenvalue weighted by Crippen LogP contribution is -2.23. The van der Waals surface area contributed by atoms with Gasteiger partial charge in [-0.25, -0.2) is 14.6 Å². The Kier molecular flexibility index (Phi) is 6.13. The standard InChI is InChI=1S/C19H18ClN9O4/c1-4-32-18(30)11-9-21-28(3)16(11)24-23-15(19(31)33-5-2)14-17-25-26-27-29(17)13-7-6-10(20)8-12(13)22-14/h6-9,24H,4-5H2,1-3H3/b23-15-. The van der Waals surface area contributed by atoms with E-state index in [4.69, 9.17) is 21.1 Å². The molecule has 0 unspecified atom stereocenters. The number of halogens is 1. The molecule has 0 fully saturated rings. The first-order valence-corrected chi connectivity index (χ1v) is 10.2. The second-order valence-electron chi connectivity index (χ2n) is 6.55. The Bertz CT molecular complexity index is 1390. The average Bonchev–Trinajstić information content (AvgIpc) is 3.41. The molecule has 0 radical (unpaired) electrons. The number of tetrazole rings is 1. The van der Waals surface area contributed by atoms with Gasteiger partial charge in [0.15, 0.2) is 11.5 Å². The lowest BCUT2D eigenvalue weighted by Gasteiger charge is -2.10. The molecule has 1 N–H and O–H groups in total. The molecule has 1 aromatic carbocycles. The molecule has 0 aliphatic heterocycles.